The average molecular weight is 258 g/mol. The molecule has 5 heteroatoms. The summed E-state index contributed by atoms with van der Waals surface area (Å²) in [5.74, 6) is 0. The van der Waals surface area contributed by atoms with Crippen molar-refractivity contribution in [2.45, 2.75) is 45.3 Å². The molecule has 1 aliphatic heterocycles. The number of likely N-dealkylation sites (N-methyl/N-ethyl adjacent to an activating group) is 1. The van der Waals surface area contributed by atoms with Gasteiger partial charge in [0.2, 0.25) is 0 Å². The fourth-order valence-electron chi connectivity index (χ4n) is 1.96. The van der Waals surface area contributed by atoms with Crippen molar-refractivity contribution in [3.05, 3.63) is 0 Å². The quantitative estimate of drug-likeness (QED) is 0.832. The van der Waals surface area contributed by atoms with Crippen molar-refractivity contribution in [1.82, 2.24) is 10.2 Å². The molecular weight excluding hydrogens is 232 g/mol. The van der Waals surface area contributed by atoms with E-state index in [0.29, 0.717) is 12.6 Å². The van der Waals surface area contributed by atoms with Crippen LogP contribution in [0.15, 0.2) is 0 Å². The number of nitrogens with zero attached hydrogens (tertiary/aromatic N) is 1. The van der Waals surface area contributed by atoms with E-state index in [2.05, 4.69) is 17.3 Å². The zero-order valence-corrected chi connectivity index (χ0v) is 12.0. The number of carbonyl (C=O) groups is 1. The highest BCUT2D eigenvalue weighted by atomic mass is 16.6. The van der Waals surface area contributed by atoms with Gasteiger partial charge in [-0.1, -0.05) is 0 Å². The van der Waals surface area contributed by atoms with Crippen molar-refractivity contribution in [3.8, 4) is 0 Å². The van der Waals surface area contributed by atoms with Crippen LogP contribution in [0.5, 0.6) is 0 Å². The highest BCUT2D eigenvalue weighted by molar-refractivity contribution is 5.67. The van der Waals surface area contributed by atoms with Gasteiger partial charge in [0.05, 0.1) is 0 Å². The minimum Gasteiger partial charge on any atom is -0.444 e. The molecule has 1 aliphatic rings. The molecule has 0 aromatic rings. The molecule has 0 aliphatic carbocycles. The summed E-state index contributed by atoms with van der Waals surface area (Å²) in [5, 5.41) is 2.78. The number of hydrogen-bond acceptors (Lipinski definition) is 4. The van der Waals surface area contributed by atoms with Crippen molar-refractivity contribution in [3.63, 3.8) is 0 Å². The Morgan fingerprint density at radius 2 is 2.00 bits per heavy atom. The molecule has 0 saturated carbocycles. The van der Waals surface area contributed by atoms with E-state index in [9.17, 15) is 4.79 Å². The Hall–Kier alpha value is -0.810. The van der Waals surface area contributed by atoms with Gasteiger partial charge in [-0.3, -0.25) is 0 Å². The SMILES string of the molecule is CN(CCNC(=O)OC(C)(C)C)C1CCOCC1. The van der Waals surface area contributed by atoms with Crippen LogP contribution in [-0.4, -0.2) is 56.0 Å². The van der Waals surface area contributed by atoms with Gasteiger partial charge in [0.15, 0.2) is 0 Å². The number of amides is 1. The molecule has 0 aromatic carbocycles. The predicted molar refractivity (Wildman–Crippen MR) is 70.7 cm³/mol. The minimum absolute atomic E-state index is 0.345. The molecular formula is C13H26N2O3. The van der Waals surface area contributed by atoms with E-state index >= 15 is 0 Å². The zero-order chi connectivity index (χ0) is 13.6. The normalized spacial score (nSPS) is 17.8. The lowest BCUT2D eigenvalue weighted by Crippen LogP contribution is -2.42. The van der Waals surface area contributed by atoms with Crippen LogP contribution in [0.3, 0.4) is 0 Å². The highest BCUT2D eigenvalue weighted by Crippen LogP contribution is 2.12. The van der Waals surface area contributed by atoms with E-state index < -0.39 is 5.60 Å². The Balaban J connectivity index is 2.14. The fourth-order valence-corrected chi connectivity index (χ4v) is 1.96. The Bertz CT molecular complexity index is 257. The van der Waals surface area contributed by atoms with Crippen molar-refractivity contribution in [2.75, 3.05) is 33.4 Å². The Morgan fingerprint density at radius 3 is 2.56 bits per heavy atom. The van der Waals surface area contributed by atoms with Gasteiger partial charge in [0.1, 0.15) is 5.60 Å². The highest BCUT2D eigenvalue weighted by Gasteiger charge is 2.19. The summed E-state index contributed by atoms with van der Waals surface area (Å²) in [4.78, 5) is 13.7. The van der Waals surface area contributed by atoms with Crippen molar-refractivity contribution < 1.29 is 14.3 Å². The first kappa shape index (κ1) is 15.2. The van der Waals surface area contributed by atoms with Gasteiger partial charge in [0, 0.05) is 32.3 Å². The lowest BCUT2D eigenvalue weighted by atomic mass is 10.1. The van der Waals surface area contributed by atoms with Crippen LogP contribution in [0.25, 0.3) is 0 Å². The second-order valence-corrected chi connectivity index (χ2v) is 5.75. The predicted octanol–water partition coefficient (Wildman–Crippen LogP) is 1.62. The summed E-state index contributed by atoms with van der Waals surface area (Å²) in [6.07, 6.45) is 1.80. The molecule has 0 unspecified atom stereocenters. The summed E-state index contributed by atoms with van der Waals surface area (Å²) >= 11 is 0. The maximum atomic E-state index is 11.4. The monoisotopic (exact) mass is 258 g/mol. The van der Waals surface area contributed by atoms with E-state index in [4.69, 9.17) is 9.47 Å². The molecule has 0 aromatic heterocycles. The second-order valence-electron chi connectivity index (χ2n) is 5.75. The van der Waals surface area contributed by atoms with Crippen LogP contribution < -0.4 is 5.32 Å². The van der Waals surface area contributed by atoms with Crippen LogP contribution >= 0.6 is 0 Å². The molecule has 1 saturated heterocycles. The maximum Gasteiger partial charge on any atom is 0.407 e. The number of alkyl carbamates (subject to hydrolysis) is 1. The van der Waals surface area contributed by atoms with E-state index in [-0.39, 0.29) is 6.09 Å². The maximum absolute atomic E-state index is 11.4. The third-order valence-electron chi connectivity index (χ3n) is 2.95. The van der Waals surface area contributed by atoms with Crippen molar-refractivity contribution >= 4 is 6.09 Å². The standard InChI is InChI=1S/C13H26N2O3/c1-13(2,3)18-12(16)14-7-8-15(4)11-5-9-17-10-6-11/h11H,5-10H2,1-4H3,(H,14,16). The van der Waals surface area contributed by atoms with Crippen LogP contribution in [0.2, 0.25) is 0 Å². The Kier molecular flexibility index (Phi) is 5.88. The smallest absolute Gasteiger partial charge is 0.407 e. The average Bonchev–Trinajstić information content (AvgIpc) is 2.27. The molecule has 1 rings (SSSR count). The fraction of sp³-hybridized carbons (Fsp3) is 0.923. The number of rotatable bonds is 4. The molecule has 0 spiro atoms. The summed E-state index contributed by atoms with van der Waals surface area (Å²) < 4.78 is 10.5. The van der Waals surface area contributed by atoms with Crippen molar-refractivity contribution in [2.24, 2.45) is 0 Å². The van der Waals surface area contributed by atoms with Crippen molar-refractivity contribution in [1.29, 1.82) is 0 Å². The van der Waals surface area contributed by atoms with E-state index in [1.807, 2.05) is 20.8 Å². The third-order valence-corrected chi connectivity index (χ3v) is 2.95. The molecule has 5 nitrogen and oxygen atoms in total. The number of hydrogen-bond donors (Lipinski definition) is 1. The van der Waals surface area contributed by atoms with Gasteiger partial charge in [-0.2, -0.15) is 0 Å². The first-order valence-electron chi connectivity index (χ1n) is 6.63. The van der Waals surface area contributed by atoms with Gasteiger partial charge in [-0.05, 0) is 40.7 Å². The summed E-state index contributed by atoms with van der Waals surface area (Å²) in [5.41, 5.74) is -0.434. The molecule has 1 amide bonds. The third kappa shape index (κ3) is 6.21. The van der Waals surface area contributed by atoms with Crippen LogP contribution in [0, 0.1) is 0 Å². The topological polar surface area (TPSA) is 50.8 Å². The second kappa shape index (κ2) is 6.95. The lowest BCUT2D eigenvalue weighted by molar-refractivity contribution is 0.0400. The molecule has 0 atom stereocenters. The zero-order valence-electron chi connectivity index (χ0n) is 12.0. The number of nitrogens with one attached hydrogen (secondary N) is 1. The van der Waals surface area contributed by atoms with E-state index in [0.717, 1.165) is 32.6 Å². The molecule has 106 valence electrons. The molecule has 1 heterocycles. The van der Waals surface area contributed by atoms with Gasteiger partial charge in [-0.25, -0.2) is 4.79 Å². The summed E-state index contributed by atoms with van der Waals surface area (Å²) in [6, 6.07) is 0.569. The molecule has 18 heavy (non-hydrogen) atoms. The minimum atomic E-state index is -0.434. The largest absolute Gasteiger partial charge is 0.444 e. The first-order valence-corrected chi connectivity index (χ1v) is 6.63. The summed E-state index contributed by atoms with van der Waals surface area (Å²) in [6.45, 7) is 8.72. The van der Waals surface area contributed by atoms with E-state index in [1.165, 1.54) is 0 Å². The molecule has 0 bridgehead atoms. The van der Waals surface area contributed by atoms with Gasteiger partial charge in [0.25, 0.3) is 0 Å². The number of carbonyl (C=O) groups excluding carboxylic acids is 1. The first-order chi connectivity index (χ1) is 8.38. The van der Waals surface area contributed by atoms with Gasteiger partial charge >= 0.3 is 6.09 Å². The molecule has 0 radical (unpaired) electrons. The van der Waals surface area contributed by atoms with Gasteiger partial charge in [-0.15, -0.1) is 0 Å². The van der Waals surface area contributed by atoms with Gasteiger partial charge < -0.3 is 19.7 Å². The Labute approximate surface area is 110 Å². The Morgan fingerprint density at radius 1 is 1.39 bits per heavy atom. The molecule has 1 fully saturated rings. The van der Waals surface area contributed by atoms with Crippen LogP contribution in [0.1, 0.15) is 33.6 Å². The summed E-state index contributed by atoms with van der Waals surface area (Å²) in [7, 11) is 2.09. The molecule has 1 N–H and O–H groups in total. The van der Waals surface area contributed by atoms with Crippen LogP contribution in [-0.2, 0) is 9.47 Å². The van der Waals surface area contributed by atoms with E-state index in [1.54, 1.807) is 0 Å². The number of ether oxygens (including phenoxy) is 2. The lowest BCUT2D eigenvalue weighted by Gasteiger charge is -2.31. The van der Waals surface area contributed by atoms with Crippen LogP contribution in [0.4, 0.5) is 4.79 Å².